The summed E-state index contributed by atoms with van der Waals surface area (Å²) in [6.45, 7) is 4.39. The first kappa shape index (κ1) is 20.0. The zero-order valence-electron chi connectivity index (χ0n) is 16.8. The van der Waals surface area contributed by atoms with Gasteiger partial charge in [-0.25, -0.2) is 4.98 Å². The molecule has 8 nitrogen and oxygen atoms in total. The Hall–Kier alpha value is -3.30. The number of rotatable bonds is 6. The molecule has 2 aromatic heterocycles. The monoisotopic (exact) mass is 421 g/mol. The second-order valence-electron chi connectivity index (χ2n) is 7.02. The summed E-state index contributed by atoms with van der Waals surface area (Å²) in [6, 6.07) is 13.1. The summed E-state index contributed by atoms with van der Waals surface area (Å²) in [5, 5.41) is 12.0. The van der Waals surface area contributed by atoms with E-state index in [2.05, 4.69) is 43.9 Å². The lowest BCUT2D eigenvalue weighted by molar-refractivity contribution is 0.536. The molecule has 0 radical (unpaired) electrons. The average molecular weight is 422 g/mol. The highest BCUT2D eigenvalue weighted by atomic mass is 32.2. The van der Waals surface area contributed by atoms with Gasteiger partial charge in [0.15, 0.2) is 0 Å². The summed E-state index contributed by atoms with van der Waals surface area (Å²) in [7, 11) is 1.94. The number of nitrogens with zero attached hydrogens (tertiary/aromatic N) is 4. The number of fused-ring (bicyclic) bond motifs is 1. The van der Waals surface area contributed by atoms with E-state index in [-0.39, 0.29) is 4.90 Å². The molecule has 2 N–H and O–H groups in total. The number of hydrogen-bond donors (Lipinski definition) is 2. The van der Waals surface area contributed by atoms with E-state index in [1.54, 1.807) is 37.4 Å². The van der Waals surface area contributed by atoms with Crippen LogP contribution in [0.4, 0.5) is 17.5 Å². The molecular weight excluding hydrogens is 400 g/mol. The quantitative estimate of drug-likeness (QED) is 0.458. The fourth-order valence-electron chi connectivity index (χ4n) is 3.18. The maximum atomic E-state index is 11.3. The van der Waals surface area contributed by atoms with Crippen molar-refractivity contribution in [3.05, 3.63) is 65.5 Å². The molecule has 0 spiro atoms. The van der Waals surface area contributed by atoms with Crippen molar-refractivity contribution in [1.29, 1.82) is 0 Å². The van der Waals surface area contributed by atoms with E-state index in [4.69, 9.17) is 0 Å². The standard InChI is InChI=1S/C21H22N6O2S/c1-13-4-6-16(11-19(13)30(28)29)24-21-22-9-8-20(25-21)23-12-15-5-7-17-14(2)27(3)26-18(17)10-15/h4-11H,12H2,1-3H3,(H,28,29)(H2,22,23,24,25)/p-1. The highest BCUT2D eigenvalue weighted by Gasteiger charge is 2.07. The molecule has 0 bridgehead atoms. The molecule has 1 atom stereocenters. The van der Waals surface area contributed by atoms with Gasteiger partial charge in [-0.1, -0.05) is 18.2 Å². The van der Waals surface area contributed by atoms with E-state index in [1.807, 2.05) is 18.7 Å². The fraction of sp³-hybridized carbons (Fsp3) is 0.190. The number of hydrogen-bond acceptors (Lipinski definition) is 7. The maximum Gasteiger partial charge on any atom is 0.229 e. The van der Waals surface area contributed by atoms with E-state index < -0.39 is 11.1 Å². The molecule has 4 aromatic rings. The first-order valence-corrected chi connectivity index (χ1v) is 10.4. The van der Waals surface area contributed by atoms with Crippen molar-refractivity contribution in [1.82, 2.24) is 19.7 Å². The normalized spacial score (nSPS) is 12.1. The van der Waals surface area contributed by atoms with Gasteiger partial charge < -0.3 is 15.2 Å². The van der Waals surface area contributed by atoms with Crippen LogP contribution in [0.5, 0.6) is 0 Å². The minimum absolute atomic E-state index is 0.245. The molecule has 2 heterocycles. The van der Waals surface area contributed by atoms with Gasteiger partial charge in [0.25, 0.3) is 0 Å². The van der Waals surface area contributed by atoms with Crippen LogP contribution in [0.1, 0.15) is 16.8 Å². The Morgan fingerprint density at radius 3 is 2.77 bits per heavy atom. The first-order chi connectivity index (χ1) is 14.4. The van der Waals surface area contributed by atoms with Crippen LogP contribution in [-0.4, -0.2) is 28.5 Å². The third kappa shape index (κ3) is 4.17. The number of anilines is 3. The summed E-state index contributed by atoms with van der Waals surface area (Å²) >= 11 is -2.30. The van der Waals surface area contributed by atoms with Gasteiger partial charge in [0.1, 0.15) is 5.82 Å². The van der Waals surface area contributed by atoms with Gasteiger partial charge in [0, 0.05) is 41.5 Å². The molecule has 2 aromatic carbocycles. The fourth-order valence-corrected chi connectivity index (χ4v) is 3.74. The van der Waals surface area contributed by atoms with E-state index in [1.165, 1.54) is 0 Å². The van der Waals surface area contributed by atoms with E-state index >= 15 is 0 Å². The second kappa shape index (κ2) is 8.21. The van der Waals surface area contributed by atoms with E-state index in [9.17, 15) is 8.76 Å². The smallest absolute Gasteiger partial charge is 0.229 e. The van der Waals surface area contributed by atoms with Crippen molar-refractivity contribution in [3.8, 4) is 0 Å². The van der Waals surface area contributed by atoms with Crippen molar-refractivity contribution in [3.63, 3.8) is 0 Å². The van der Waals surface area contributed by atoms with Gasteiger partial charge in [-0.3, -0.25) is 8.89 Å². The third-order valence-corrected chi connectivity index (χ3v) is 5.75. The number of aryl methyl sites for hydroxylation is 3. The summed E-state index contributed by atoms with van der Waals surface area (Å²) in [5.41, 5.74) is 4.48. The molecule has 1 unspecified atom stereocenters. The molecule has 9 heteroatoms. The second-order valence-corrected chi connectivity index (χ2v) is 7.93. The molecule has 30 heavy (non-hydrogen) atoms. The lowest BCUT2D eigenvalue weighted by atomic mass is 10.1. The minimum Gasteiger partial charge on any atom is -0.768 e. The topological polar surface area (TPSA) is 108 Å². The highest BCUT2D eigenvalue weighted by Crippen LogP contribution is 2.21. The molecule has 4 rings (SSSR count). The summed E-state index contributed by atoms with van der Waals surface area (Å²) in [6.07, 6.45) is 1.64. The molecule has 0 saturated carbocycles. The Morgan fingerprint density at radius 2 is 1.97 bits per heavy atom. The Balaban J connectivity index is 1.47. The van der Waals surface area contributed by atoms with Gasteiger partial charge in [-0.05, 0) is 60.3 Å². The Bertz CT molecular complexity index is 1250. The summed E-state index contributed by atoms with van der Waals surface area (Å²) in [5.74, 6) is 1.03. The predicted octanol–water partition coefficient (Wildman–Crippen LogP) is 3.57. The number of aromatic nitrogens is 4. The van der Waals surface area contributed by atoms with Crippen molar-refractivity contribution >= 4 is 39.4 Å². The molecule has 0 saturated heterocycles. The van der Waals surface area contributed by atoms with Crippen molar-refractivity contribution < 1.29 is 8.76 Å². The van der Waals surface area contributed by atoms with Crippen LogP contribution in [-0.2, 0) is 24.7 Å². The summed E-state index contributed by atoms with van der Waals surface area (Å²) in [4.78, 5) is 8.91. The number of nitrogens with one attached hydrogen (secondary N) is 2. The van der Waals surface area contributed by atoms with Crippen molar-refractivity contribution in [2.45, 2.75) is 25.3 Å². The van der Waals surface area contributed by atoms with Crippen molar-refractivity contribution in [2.24, 2.45) is 7.05 Å². The largest absolute Gasteiger partial charge is 0.768 e. The molecule has 0 amide bonds. The van der Waals surface area contributed by atoms with Gasteiger partial charge in [0.2, 0.25) is 5.95 Å². The van der Waals surface area contributed by atoms with Gasteiger partial charge in [0.05, 0.1) is 5.52 Å². The summed E-state index contributed by atoms with van der Waals surface area (Å²) < 4.78 is 24.5. The molecule has 154 valence electrons. The molecule has 0 fully saturated rings. The van der Waals surface area contributed by atoms with Crippen LogP contribution in [0.2, 0.25) is 0 Å². The van der Waals surface area contributed by atoms with Crippen LogP contribution in [0.25, 0.3) is 10.9 Å². The van der Waals surface area contributed by atoms with Gasteiger partial charge in [-0.15, -0.1) is 0 Å². The molecule has 0 aliphatic rings. The predicted molar refractivity (Wildman–Crippen MR) is 116 cm³/mol. The van der Waals surface area contributed by atoms with Crippen LogP contribution in [0, 0.1) is 13.8 Å². The lowest BCUT2D eigenvalue weighted by Crippen LogP contribution is -2.04. The third-order valence-electron chi connectivity index (χ3n) is 4.95. The van der Waals surface area contributed by atoms with Crippen molar-refractivity contribution in [2.75, 3.05) is 10.6 Å². The Kier molecular flexibility index (Phi) is 5.47. The molecule has 0 aliphatic carbocycles. The zero-order chi connectivity index (χ0) is 21.3. The Labute approximate surface area is 176 Å². The first-order valence-electron chi connectivity index (χ1n) is 9.37. The van der Waals surface area contributed by atoms with E-state index in [0.717, 1.165) is 22.2 Å². The SMILES string of the molecule is Cc1ccc(Nc2nccc(NCc3ccc4c(C)n(C)nc4c3)n2)cc1S(=O)[O-]. The van der Waals surface area contributed by atoms with Gasteiger partial charge >= 0.3 is 0 Å². The minimum atomic E-state index is -2.30. The zero-order valence-corrected chi connectivity index (χ0v) is 17.7. The maximum absolute atomic E-state index is 11.3. The van der Waals surface area contributed by atoms with Crippen LogP contribution >= 0.6 is 0 Å². The lowest BCUT2D eigenvalue weighted by Gasteiger charge is -2.12. The number of benzene rings is 2. The van der Waals surface area contributed by atoms with E-state index in [0.29, 0.717) is 29.6 Å². The molecule has 0 aliphatic heterocycles. The van der Waals surface area contributed by atoms with Crippen LogP contribution in [0.3, 0.4) is 0 Å². The average Bonchev–Trinajstić information content (AvgIpc) is 3.01. The van der Waals surface area contributed by atoms with Gasteiger partial charge in [-0.2, -0.15) is 10.1 Å². The van der Waals surface area contributed by atoms with Crippen LogP contribution in [0.15, 0.2) is 53.6 Å². The Morgan fingerprint density at radius 1 is 1.13 bits per heavy atom. The van der Waals surface area contributed by atoms with Crippen LogP contribution < -0.4 is 10.6 Å². The highest BCUT2D eigenvalue weighted by molar-refractivity contribution is 7.79. The molecular formula is C21H21N6O2S-.